The summed E-state index contributed by atoms with van der Waals surface area (Å²) >= 11 is 0. The second-order valence-electron chi connectivity index (χ2n) is 7.20. The molecule has 2 amide bonds. The van der Waals surface area contributed by atoms with E-state index in [1.165, 1.54) is 10.5 Å². The highest BCUT2D eigenvalue weighted by Gasteiger charge is 2.30. The zero-order valence-corrected chi connectivity index (χ0v) is 16.0. The molecule has 2 heterocycles. The third kappa shape index (κ3) is 3.41. The topological polar surface area (TPSA) is 115 Å². The average Bonchev–Trinajstić information content (AvgIpc) is 3.27. The molecule has 2 aliphatic rings. The minimum Gasteiger partial charge on any atom is -0.352 e. The van der Waals surface area contributed by atoms with Gasteiger partial charge in [-0.3, -0.25) is 15.0 Å². The van der Waals surface area contributed by atoms with Crippen LogP contribution in [0.15, 0.2) is 30.3 Å². The van der Waals surface area contributed by atoms with Gasteiger partial charge in [-0.15, -0.1) is 0 Å². The predicted octanol–water partition coefficient (Wildman–Crippen LogP) is 0.747. The van der Waals surface area contributed by atoms with Gasteiger partial charge in [-0.05, 0) is 30.4 Å². The number of nitriles is 1. The highest BCUT2D eigenvalue weighted by Crippen LogP contribution is 2.37. The number of hydrazine groups is 1. The third-order valence-electron chi connectivity index (χ3n) is 5.60. The van der Waals surface area contributed by atoms with Crippen molar-refractivity contribution in [2.24, 2.45) is 5.84 Å². The van der Waals surface area contributed by atoms with E-state index in [1.807, 2.05) is 40.7 Å². The third-order valence-corrected chi connectivity index (χ3v) is 5.60. The van der Waals surface area contributed by atoms with Crippen molar-refractivity contribution in [2.45, 2.75) is 19.3 Å². The Kier molecular flexibility index (Phi) is 5.14. The summed E-state index contributed by atoms with van der Waals surface area (Å²) in [5, 5.41) is 9.87. The summed E-state index contributed by atoms with van der Waals surface area (Å²) in [4.78, 5) is 32.0. The lowest BCUT2D eigenvalue weighted by Gasteiger charge is -2.35. The van der Waals surface area contributed by atoms with E-state index in [1.54, 1.807) is 0 Å². The molecule has 0 spiro atoms. The van der Waals surface area contributed by atoms with Crippen LogP contribution in [0.25, 0.3) is 11.3 Å². The van der Waals surface area contributed by atoms with E-state index in [0.717, 1.165) is 36.1 Å². The largest absolute Gasteiger partial charge is 0.352 e. The SMILES string of the molecule is N#Cc1c(N2CCN(C(=O)C(=O)NN)CC2)nc(-c2ccccc2)c2c1CCC2. The number of rotatable bonds is 2. The van der Waals surface area contributed by atoms with Gasteiger partial charge in [-0.25, -0.2) is 10.8 Å². The Bertz CT molecular complexity index is 990. The molecular formula is C21H22N6O2. The monoisotopic (exact) mass is 390 g/mol. The number of hydrogen-bond acceptors (Lipinski definition) is 6. The van der Waals surface area contributed by atoms with Crippen LogP contribution in [-0.4, -0.2) is 47.9 Å². The number of fused-ring (bicyclic) bond motifs is 1. The van der Waals surface area contributed by atoms with Crippen LogP contribution in [0.3, 0.4) is 0 Å². The number of benzene rings is 1. The molecule has 0 radical (unpaired) electrons. The Morgan fingerprint density at radius 2 is 1.76 bits per heavy atom. The zero-order chi connectivity index (χ0) is 20.4. The molecule has 0 atom stereocenters. The van der Waals surface area contributed by atoms with Crippen LogP contribution in [0.2, 0.25) is 0 Å². The van der Waals surface area contributed by atoms with Gasteiger partial charge in [0.15, 0.2) is 0 Å². The van der Waals surface area contributed by atoms with Gasteiger partial charge in [0.1, 0.15) is 11.9 Å². The van der Waals surface area contributed by atoms with Crippen molar-refractivity contribution in [1.82, 2.24) is 15.3 Å². The Labute approximate surface area is 168 Å². The van der Waals surface area contributed by atoms with Crippen molar-refractivity contribution in [1.29, 1.82) is 5.26 Å². The van der Waals surface area contributed by atoms with Gasteiger partial charge in [-0.1, -0.05) is 30.3 Å². The van der Waals surface area contributed by atoms with Gasteiger partial charge in [-0.2, -0.15) is 5.26 Å². The van der Waals surface area contributed by atoms with Crippen molar-refractivity contribution >= 4 is 17.6 Å². The molecule has 1 aromatic heterocycles. The van der Waals surface area contributed by atoms with E-state index in [9.17, 15) is 14.9 Å². The maximum atomic E-state index is 12.0. The van der Waals surface area contributed by atoms with Crippen LogP contribution in [0.4, 0.5) is 5.82 Å². The number of anilines is 1. The number of piperazine rings is 1. The van der Waals surface area contributed by atoms with Gasteiger partial charge in [0.25, 0.3) is 0 Å². The van der Waals surface area contributed by atoms with Crippen molar-refractivity contribution in [3.63, 3.8) is 0 Å². The Morgan fingerprint density at radius 1 is 1.07 bits per heavy atom. The van der Waals surface area contributed by atoms with Gasteiger partial charge in [0, 0.05) is 31.7 Å². The first kappa shape index (κ1) is 18.9. The van der Waals surface area contributed by atoms with Crippen LogP contribution >= 0.6 is 0 Å². The van der Waals surface area contributed by atoms with Crippen LogP contribution in [0.5, 0.6) is 0 Å². The lowest BCUT2D eigenvalue weighted by atomic mass is 9.98. The number of nitrogens with two attached hydrogens (primary N) is 1. The maximum Gasteiger partial charge on any atom is 0.323 e. The van der Waals surface area contributed by atoms with Crippen LogP contribution in [0.1, 0.15) is 23.1 Å². The molecule has 4 rings (SSSR count). The summed E-state index contributed by atoms with van der Waals surface area (Å²) in [6.45, 7) is 1.74. The summed E-state index contributed by atoms with van der Waals surface area (Å²) in [7, 11) is 0. The molecule has 1 saturated heterocycles. The molecule has 0 saturated carbocycles. The molecule has 8 heteroatoms. The number of hydrogen-bond donors (Lipinski definition) is 2. The smallest absolute Gasteiger partial charge is 0.323 e. The number of nitrogens with one attached hydrogen (secondary N) is 1. The van der Waals surface area contributed by atoms with Gasteiger partial charge >= 0.3 is 11.8 Å². The van der Waals surface area contributed by atoms with Gasteiger partial charge in [0.2, 0.25) is 0 Å². The molecular weight excluding hydrogens is 368 g/mol. The first-order valence-corrected chi connectivity index (χ1v) is 9.70. The molecule has 1 aliphatic heterocycles. The van der Waals surface area contributed by atoms with Crippen molar-refractivity contribution in [3.05, 3.63) is 47.0 Å². The summed E-state index contributed by atoms with van der Waals surface area (Å²) < 4.78 is 0. The van der Waals surface area contributed by atoms with E-state index in [4.69, 9.17) is 10.8 Å². The summed E-state index contributed by atoms with van der Waals surface area (Å²) in [6.07, 6.45) is 2.83. The lowest BCUT2D eigenvalue weighted by molar-refractivity contribution is -0.146. The highest BCUT2D eigenvalue weighted by atomic mass is 16.2. The first-order valence-electron chi connectivity index (χ1n) is 9.70. The van der Waals surface area contributed by atoms with Gasteiger partial charge in [0.05, 0.1) is 11.3 Å². The number of aromatic nitrogens is 1. The molecule has 29 heavy (non-hydrogen) atoms. The second-order valence-corrected chi connectivity index (χ2v) is 7.20. The highest BCUT2D eigenvalue weighted by molar-refractivity contribution is 6.34. The van der Waals surface area contributed by atoms with E-state index in [2.05, 4.69) is 6.07 Å². The standard InChI is InChI=1S/C21H22N6O2/c22-13-17-15-7-4-8-16(15)18(14-5-2-1-3-6-14)24-19(17)26-9-11-27(12-10-26)21(29)20(28)25-23/h1-3,5-6H,4,7-12,23H2,(H,25,28). The predicted molar refractivity (Wildman–Crippen MR) is 108 cm³/mol. The molecule has 0 unspecified atom stereocenters. The Balaban J connectivity index is 1.67. The van der Waals surface area contributed by atoms with Crippen molar-refractivity contribution < 1.29 is 9.59 Å². The van der Waals surface area contributed by atoms with Crippen LogP contribution in [0, 0.1) is 11.3 Å². The quantitative estimate of drug-likeness (QED) is 0.338. The minimum absolute atomic E-state index is 0.372. The second kappa shape index (κ2) is 7.89. The summed E-state index contributed by atoms with van der Waals surface area (Å²) in [5.74, 6) is 4.26. The Morgan fingerprint density at radius 3 is 2.41 bits per heavy atom. The Hall–Kier alpha value is -3.44. The molecule has 0 bridgehead atoms. The van der Waals surface area contributed by atoms with Gasteiger partial charge < -0.3 is 9.80 Å². The number of carbonyl (C=O) groups is 2. The zero-order valence-electron chi connectivity index (χ0n) is 16.0. The number of pyridine rings is 1. The van der Waals surface area contributed by atoms with E-state index >= 15 is 0 Å². The van der Waals surface area contributed by atoms with Crippen molar-refractivity contribution in [3.8, 4) is 17.3 Å². The van der Waals surface area contributed by atoms with Crippen LogP contribution < -0.4 is 16.2 Å². The van der Waals surface area contributed by atoms with Crippen LogP contribution in [-0.2, 0) is 22.4 Å². The van der Waals surface area contributed by atoms with Crippen molar-refractivity contribution in [2.75, 3.05) is 31.1 Å². The lowest BCUT2D eigenvalue weighted by Crippen LogP contribution is -2.53. The average molecular weight is 390 g/mol. The fourth-order valence-electron chi connectivity index (χ4n) is 4.15. The molecule has 1 aliphatic carbocycles. The minimum atomic E-state index is -0.821. The fraction of sp³-hybridized carbons (Fsp3) is 0.333. The molecule has 1 aromatic carbocycles. The summed E-state index contributed by atoms with van der Waals surface area (Å²) in [6, 6.07) is 12.4. The molecule has 1 fully saturated rings. The normalized spacial score (nSPS) is 15.6. The van der Waals surface area contributed by atoms with E-state index in [0.29, 0.717) is 37.6 Å². The molecule has 148 valence electrons. The fourth-order valence-corrected chi connectivity index (χ4v) is 4.15. The van der Waals surface area contributed by atoms with E-state index < -0.39 is 11.8 Å². The number of carbonyl (C=O) groups excluding carboxylic acids is 2. The molecule has 8 nitrogen and oxygen atoms in total. The molecule has 2 aromatic rings. The summed E-state index contributed by atoms with van der Waals surface area (Å²) in [5.41, 5.74) is 6.76. The number of nitrogens with zero attached hydrogens (tertiary/aromatic N) is 4. The maximum absolute atomic E-state index is 12.0. The molecule has 3 N–H and O–H groups in total. The number of amides is 2. The van der Waals surface area contributed by atoms with E-state index in [-0.39, 0.29) is 0 Å². The first-order chi connectivity index (χ1) is 14.1.